The summed E-state index contributed by atoms with van der Waals surface area (Å²) < 4.78 is 10.4. The Bertz CT molecular complexity index is 448. The first-order valence-corrected chi connectivity index (χ1v) is 7.25. The number of ether oxygens (including phenoxy) is 2. The number of nitrogen functional groups attached to an aromatic ring is 1. The van der Waals surface area contributed by atoms with Gasteiger partial charge in [0.1, 0.15) is 5.03 Å². The van der Waals surface area contributed by atoms with Crippen LogP contribution in [-0.4, -0.2) is 36.0 Å². The van der Waals surface area contributed by atoms with Crippen LogP contribution in [0.15, 0.2) is 17.3 Å². The molecule has 2 heterocycles. The van der Waals surface area contributed by atoms with Crippen molar-refractivity contribution in [2.75, 3.05) is 25.6 Å². The molecular formula is C13H18N2O3S. The van der Waals surface area contributed by atoms with Gasteiger partial charge in [-0.2, -0.15) is 0 Å². The van der Waals surface area contributed by atoms with E-state index < -0.39 is 0 Å². The third kappa shape index (κ3) is 3.84. The maximum absolute atomic E-state index is 11.9. The summed E-state index contributed by atoms with van der Waals surface area (Å²) in [4.78, 5) is 16.2. The number of pyridine rings is 1. The number of hydrogen-bond acceptors (Lipinski definition) is 6. The molecule has 6 heteroatoms. The smallest absolute Gasteiger partial charge is 0.340 e. The van der Waals surface area contributed by atoms with Crippen LogP contribution in [0.5, 0.6) is 0 Å². The van der Waals surface area contributed by atoms with Crippen LogP contribution >= 0.6 is 11.8 Å². The molecule has 1 aliphatic rings. The van der Waals surface area contributed by atoms with Gasteiger partial charge in [-0.05, 0) is 25.8 Å². The first-order chi connectivity index (χ1) is 9.20. The minimum absolute atomic E-state index is 0.342. The van der Waals surface area contributed by atoms with Crippen LogP contribution in [0.3, 0.4) is 0 Å². The van der Waals surface area contributed by atoms with Gasteiger partial charge in [-0.1, -0.05) is 0 Å². The van der Waals surface area contributed by atoms with E-state index in [4.69, 9.17) is 15.2 Å². The lowest BCUT2D eigenvalue weighted by atomic mass is 10.2. The summed E-state index contributed by atoms with van der Waals surface area (Å²) in [5.74, 6) is -0.364. The van der Waals surface area contributed by atoms with E-state index in [0.29, 0.717) is 28.1 Å². The highest BCUT2D eigenvalue weighted by molar-refractivity contribution is 7.99. The number of rotatable bonds is 4. The summed E-state index contributed by atoms with van der Waals surface area (Å²) >= 11 is 1.61. The predicted molar refractivity (Wildman–Crippen MR) is 74.3 cm³/mol. The van der Waals surface area contributed by atoms with Gasteiger partial charge < -0.3 is 15.2 Å². The third-order valence-electron chi connectivity index (χ3n) is 2.81. The molecule has 1 aromatic rings. The van der Waals surface area contributed by atoms with Crippen LogP contribution in [-0.2, 0) is 9.47 Å². The second-order valence-electron chi connectivity index (χ2n) is 4.27. The molecule has 19 heavy (non-hydrogen) atoms. The summed E-state index contributed by atoms with van der Waals surface area (Å²) in [6, 6.07) is 1.63. The highest BCUT2D eigenvalue weighted by Crippen LogP contribution is 2.31. The van der Waals surface area contributed by atoms with Crippen LogP contribution in [0.4, 0.5) is 5.69 Å². The van der Waals surface area contributed by atoms with Crippen LogP contribution in [0.1, 0.15) is 30.1 Å². The molecule has 0 unspecified atom stereocenters. The van der Waals surface area contributed by atoms with Crippen LogP contribution in [0.25, 0.3) is 0 Å². The maximum atomic E-state index is 11.9. The SMILES string of the molecule is CCOC(=O)c1cc(N)cnc1SC1CCOCC1. The fraction of sp³-hybridized carbons (Fsp3) is 0.538. The quantitative estimate of drug-likeness (QED) is 0.853. The van der Waals surface area contributed by atoms with Crippen LogP contribution in [0.2, 0.25) is 0 Å². The molecule has 0 aromatic carbocycles. The molecule has 0 amide bonds. The molecule has 0 spiro atoms. The van der Waals surface area contributed by atoms with E-state index in [0.717, 1.165) is 26.1 Å². The van der Waals surface area contributed by atoms with Crippen molar-refractivity contribution in [2.24, 2.45) is 0 Å². The van der Waals surface area contributed by atoms with Crippen LogP contribution in [0, 0.1) is 0 Å². The zero-order chi connectivity index (χ0) is 13.7. The number of hydrogen-bond donors (Lipinski definition) is 1. The van der Waals surface area contributed by atoms with Crippen molar-refractivity contribution in [3.63, 3.8) is 0 Å². The average Bonchev–Trinajstić information content (AvgIpc) is 2.42. The van der Waals surface area contributed by atoms with Gasteiger partial charge in [0.05, 0.1) is 24.1 Å². The monoisotopic (exact) mass is 282 g/mol. The molecule has 0 saturated carbocycles. The first-order valence-electron chi connectivity index (χ1n) is 6.37. The molecule has 0 atom stereocenters. The minimum atomic E-state index is -0.364. The Balaban J connectivity index is 2.15. The molecule has 1 saturated heterocycles. The van der Waals surface area contributed by atoms with E-state index in [-0.39, 0.29) is 5.97 Å². The Morgan fingerprint density at radius 3 is 3.00 bits per heavy atom. The molecule has 1 aliphatic heterocycles. The number of nitrogens with zero attached hydrogens (tertiary/aromatic N) is 1. The molecule has 104 valence electrons. The van der Waals surface area contributed by atoms with E-state index in [1.165, 1.54) is 0 Å². The Labute approximate surface area is 116 Å². The van der Waals surface area contributed by atoms with Crippen molar-refractivity contribution in [2.45, 2.75) is 30.0 Å². The standard InChI is InChI=1S/C13H18N2O3S/c1-2-18-13(16)11-7-9(14)8-15-12(11)19-10-3-5-17-6-4-10/h7-8,10H,2-6,14H2,1H3. The average molecular weight is 282 g/mol. The second kappa shape index (κ2) is 6.77. The van der Waals surface area contributed by atoms with Gasteiger partial charge in [0.2, 0.25) is 0 Å². The molecular weight excluding hydrogens is 264 g/mol. The Kier molecular flexibility index (Phi) is 5.04. The predicted octanol–water partition coefficient (Wildman–Crippen LogP) is 2.11. The summed E-state index contributed by atoms with van der Waals surface area (Å²) in [6.07, 6.45) is 3.52. The van der Waals surface area contributed by atoms with Gasteiger partial charge in [0.15, 0.2) is 0 Å². The topological polar surface area (TPSA) is 74.4 Å². The first kappa shape index (κ1) is 14.1. The van der Waals surface area contributed by atoms with Crippen molar-refractivity contribution in [3.05, 3.63) is 17.8 Å². The van der Waals surface area contributed by atoms with Gasteiger partial charge >= 0.3 is 5.97 Å². The Morgan fingerprint density at radius 2 is 2.32 bits per heavy atom. The minimum Gasteiger partial charge on any atom is -0.462 e. The van der Waals surface area contributed by atoms with Gasteiger partial charge in [-0.15, -0.1) is 11.8 Å². The van der Waals surface area contributed by atoms with Crippen molar-refractivity contribution in [3.8, 4) is 0 Å². The molecule has 2 rings (SSSR count). The number of carbonyl (C=O) groups is 1. The Hall–Kier alpha value is -1.27. The fourth-order valence-electron chi connectivity index (χ4n) is 1.87. The Morgan fingerprint density at radius 1 is 1.58 bits per heavy atom. The molecule has 1 fully saturated rings. The van der Waals surface area contributed by atoms with E-state index in [9.17, 15) is 4.79 Å². The summed E-state index contributed by atoms with van der Waals surface area (Å²) in [6.45, 7) is 3.65. The lowest BCUT2D eigenvalue weighted by Gasteiger charge is -2.21. The number of esters is 1. The van der Waals surface area contributed by atoms with Gasteiger partial charge in [-0.3, -0.25) is 0 Å². The fourth-order valence-corrected chi connectivity index (χ4v) is 3.00. The lowest BCUT2D eigenvalue weighted by molar-refractivity contribution is 0.0521. The summed E-state index contributed by atoms with van der Waals surface area (Å²) in [5, 5.41) is 1.12. The van der Waals surface area contributed by atoms with E-state index in [1.54, 1.807) is 30.9 Å². The molecule has 1 aromatic heterocycles. The molecule has 0 bridgehead atoms. The largest absolute Gasteiger partial charge is 0.462 e. The van der Waals surface area contributed by atoms with Gasteiger partial charge in [0.25, 0.3) is 0 Å². The molecule has 0 radical (unpaired) electrons. The number of aromatic nitrogens is 1. The number of carbonyl (C=O) groups excluding carboxylic acids is 1. The van der Waals surface area contributed by atoms with Gasteiger partial charge in [-0.25, -0.2) is 9.78 Å². The van der Waals surface area contributed by atoms with Crippen LogP contribution < -0.4 is 5.73 Å². The van der Waals surface area contributed by atoms with Gasteiger partial charge in [0, 0.05) is 18.5 Å². The normalized spacial score (nSPS) is 16.3. The number of nitrogens with two attached hydrogens (primary N) is 1. The van der Waals surface area contributed by atoms with Crippen molar-refractivity contribution in [1.29, 1.82) is 0 Å². The van der Waals surface area contributed by atoms with E-state index in [2.05, 4.69) is 4.98 Å². The summed E-state index contributed by atoms with van der Waals surface area (Å²) in [5.41, 5.74) is 6.62. The number of anilines is 1. The highest BCUT2D eigenvalue weighted by atomic mass is 32.2. The van der Waals surface area contributed by atoms with E-state index >= 15 is 0 Å². The summed E-state index contributed by atoms with van der Waals surface area (Å²) in [7, 11) is 0. The van der Waals surface area contributed by atoms with Crippen molar-refractivity contribution in [1.82, 2.24) is 4.98 Å². The van der Waals surface area contributed by atoms with Crippen molar-refractivity contribution < 1.29 is 14.3 Å². The third-order valence-corrected chi connectivity index (χ3v) is 4.17. The highest BCUT2D eigenvalue weighted by Gasteiger charge is 2.21. The molecule has 5 nitrogen and oxygen atoms in total. The zero-order valence-corrected chi connectivity index (χ0v) is 11.7. The lowest BCUT2D eigenvalue weighted by Crippen LogP contribution is -2.18. The number of thioether (sulfide) groups is 1. The maximum Gasteiger partial charge on any atom is 0.340 e. The second-order valence-corrected chi connectivity index (χ2v) is 5.56. The van der Waals surface area contributed by atoms with Crippen molar-refractivity contribution >= 4 is 23.4 Å². The zero-order valence-electron chi connectivity index (χ0n) is 10.9. The van der Waals surface area contributed by atoms with E-state index in [1.807, 2.05) is 0 Å². The molecule has 0 aliphatic carbocycles. The molecule has 2 N–H and O–H groups in total.